The average molecular weight is 238 g/mol. The van der Waals surface area contributed by atoms with Crippen molar-refractivity contribution in [2.75, 3.05) is 19.8 Å². The topological polar surface area (TPSA) is 3.24 Å². The molecule has 0 amide bonds. The molecule has 5 radical (unpaired) electrons. The highest BCUT2D eigenvalue weighted by Gasteiger charge is 2.46. The summed E-state index contributed by atoms with van der Waals surface area (Å²) < 4.78 is 2.59. The van der Waals surface area contributed by atoms with Crippen LogP contribution in [-0.2, 0) is 0 Å². The molecular formula is C14H25NP. The van der Waals surface area contributed by atoms with Gasteiger partial charge in [-0.1, -0.05) is 41.5 Å². The number of hydrogen-bond donors (Lipinski definition) is 0. The van der Waals surface area contributed by atoms with Crippen LogP contribution in [0.2, 0.25) is 0 Å². The Balaban J connectivity index is 2.79. The Morgan fingerprint density at radius 1 is 0.812 bits per heavy atom. The fourth-order valence-electron chi connectivity index (χ4n) is 2.47. The van der Waals surface area contributed by atoms with Gasteiger partial charge in [-0.3, -0.25) is 4.67 Å². The van der Waals surface area contributed by atoms with Crippen molar-refractivity contribution in [3.05, 3.63) is 29.3 Å². The van der Waals surface area contributed by atoms with Crippen molar-refractivity contribution in [2.24, 2.45) is 0 Å². The summed E-state index contributed by atoms with van der Waals surface area (Å²) in [7, 11) is -0.143. The van der Waals surface area contributed by atoms with Gasteiger partial charge >= 0.3 is 0 Å². The van der Waals surface area contributed by atoms with E-state index in [1.54, 1.807) is 5.66 Å². The van der Waals surface area contributed by atoms with Crippen molar-refractivity contribution >= 4 is 8.07 Å². The van der Waals surface area contributed by atoms with Crippen LogP contribution < -0.4 is 0 Å². The predicted octanol–water partition coefficient (Wildman–Crippen LogP) is 4.28. The van der Waals surface area contributed by atoms with Gasteiger partial charge in [0.05, 0.1) is 0 Å². The zero-order valence-corrected chi connectivity index (χ0v) is 12.7. The van der Waals surface area contributed by atoms with Crippen LogP contribution in [0.15, 0.2) is 0 Å². The van der Waals surface area contributed by atoms with Gasteiger partial charge in [-0.25, -0.2) is 0 Å². The lowest BCUT2D eigenvalue weighted by Gasteiger charge is -2.35. The second kappa shape index (κ2) is 5.83. The Bertz CT molecular complexity index is 201. The second-order valence-electron chi connectivity index (χ2n) is 4.51. The fourth-order valence-corrected chi connectivity index (χ4v) is 4.91. The summed E-state index contributed by atoms with van der Waals surface area (Å²) in [6, 6.07) is 0. The monoisotopic (exact) mass is 238 g/mol. The molecule has 1 nitrogen and oxygen atoms in total. The summed E-state index contributed by atoms with van der Waals surface area (Å²) in [4.78, 5) is 0. The van der Waals surface area contributed by atoms with E-state index in [1.807, 2.05) is 0 Å². The minimum Gasteiger partial charge on any atom is -0.282 e. The van der Waals surface area contributed by atoms with E-state index >= 15 is 0 Å². The fraction of sp³-hybridized carbons (Fsp3) is 0.643. The van der Waals surface area contributed by atoms with Crippen molar-refractivity contribution in [1.82, 2.24) is 4.67 Å². The minimum absolute atomic E-state index is 0.143. The van der Waals surface area contributed by atoms with Crippen LogP contribution in [-0.4, -0.2) is 24.4 Å². The molecule has 0 heterocycles. The summed E-state index contributed by atoms with van der Waals surface area (Å²) in [5, 5.41) is 0. The lowest BCUT2D eigenvalue weighted by molar-refractivity contribution is 0.508. The van der Waals surface area contributed by atoms with E-state index in [-0.39, 0.29) is 8.07 Å². The van der Waals surface area contributed by atoms with Crippen LogP contribution in [0.3, 0.4) is 0 Å². The van der Waals surface area contributed by atoms with Gasteiger partial charge in [-0.15, -0.1) is 0 Å². The van der Waals surface area contributed by atoms with E-state index < -0.39 is 0 Å². The van der Waals surface area contributed by atoms with E-state index in [2.05, 4.69) is 52.9 Å². The molecule has 0 aromatic carbocycles. The third-order valence-corrected chi connectivity index (χ3v) is 6.61. The van der Waals surface area contributed by atoms with Crippen molar-refractivity contribution in [1.29, 1.82) is 0 Å². The third kappa shape index (κ3) is 2.46. The molecule has 0 bridgehead atoms. The first-order valence-electron chi connectivity index (χ1n) is 6.17. The standard InChI is InChI=1S/C14H25NP/c1-8-15(9-2)16(7)14-12(5)10(3)11(4)13(14)6/h8-9H2,1-7H3. The summed E-state index contributed by atoms with van der Waals surface area (Å²) in [6.45, 7) is 18.3. The first kappa shape index (κ1) is 14.5. The minimum atomic E-state index is -0.143. The molecule has 1 saturated carbocycles. The quantitative estimate of drug-likeness (QED) is 0.661. The zero-order chi connectivity index (χ0) is 12.5. The van der Waals surface area contributed by atoms with Crippen LogP contribution in [0.25, 0.3) is 0 Å². The molecule has 1 rings (SSSR count). The molecule has 2 heteroatoms. The van der Waals surface area contributed by atoms with Crippen molar-refractivity contribution < 1.29 is 0 Å². The Morgan fingerprint density at radius 3 is 1.50 bits per heavy atom. The predicted molar refractivity (Wildman–Crippen MR) is 74.7 cm³/mol. The SMILES string of the molecule is CCN(CC)P(C)[C]1[C](C)[C](C)[C](C)[C]1C. The molecule has 91 valence electrons. The Hall–Kier alpha value is 0.390. The van der Waals surface area contributed by atoms with Gasteiger partial charge in [0.1, 0.15) is 0 Å². The molecule has 1 fully saturated rings. The molecule has 0 aromatic rings. The first-order chi connectivity index (χ1) is 7.45. The zero-order valence-electron chi connectivity index (χ0n) is 11.8. The van der Waals surface area contributed by atoms with E-state index in [9.17, 15) is 0 Å². The highest BCUT2D eigenvalue weighted by molar-refractivity contribution is 7.58. The third-order valence-electron chi connectivity index (χ3n) is 3.88. The highest BCUT2D eigenvalue weighted by atomic mass is 31.1. The molecule has 0 saturated heterocycles. The Labute approximate surface area is 104 Å². The number of hydrogen-bond acceptors (Lipinski definition) is 1. The molecule has 0 aliphatic heterocycles. The molecule has 16 heavy (non-hydrogen) atoms. The summed E-state index contributed by atoms with van der Waals surface area (Å²) in [5.41, 5.74) is 1.62. The van der Waals surface area contributed by atoms with E-state index in [4.69, 9.17) is 0 Å². The van der Waals surface area contributed by atoms with Gasteiger partial charge in [-0.05, 0) is 51.5 Å². The molecule has 0 spiro atoms. The smallest absolute Gasteiger partial charge is 0.0284 e. The molecule has 0 N–H and O–H groups in total. The largest absolute Gasteiger partial charge is 0.282 e. The molecule has 1 atom stereocenters. The van der Waals surface area contributed by atoms with Crippen LogP contribution in [0, 0.1) is 29.3 Å². The first-order valence-corrected chi connectivity index (χ1v) is 7.91. The van der Waals surface area contributed by atoms with Gasteiger partial charge in [0.2, 0.25) is 0 Å². The van der Waals surface area contributed by atoms with Crippen LogP contribution in [0.4, 0.5) is 0 Å². The molecular weight excluding hydrogens is 213 g/mol. The highest BCUT2D eigenvalue weighted by Crippen LogP contribution is 2.65. The van der Waals surface area contributed by atoms with Crippen molar-refractivity contribution in [2.45, 2.75) is 41.5 Å². The van der Waals surface area contributed by atoms with E-state index in [1.165, 1.54) is 23.7 Å². The summed E-state index contributed by atoms with van der Waals surface area (Å²) in [6.07, 6.45) is 0. The lowest BCUT2D eigenvalue weighted by atomic mass is 9.92. The van der Waals surface area contributed by atoms with Crippen LogP contribution in [0.1, 0.15) is 41.5 Å². The van der Waals surface area contributed by atoms with Gasteiger partial charge < -0.3 is 0 Å². The molecule has 1 unspecified atom stereocenters. The number of nitrogens with zero attached hydrogens (tertiary/aromatic N) is 1. The molecule has 0 aromatic heterocycles. The van der Waals surface area contributed by atoms with Crippen molar-refractivity contribution in [3.63, 3.8) is 0 Å². The summed E-state index contributed by atoms with van der Waals surface area (Å²) in [5.74, 6) is 6.04. The molecule has 1 aliphatic rings. The van der Waals surface area contributed by atoms with Gasteiger partial charge in [0, 0.05) is 5.66 Å². The maximum Gasteiger partial charge on any atom is 0.0284 e. The van der Waals surface area contributed by atoms with Gasteiger partial charge in [0.15, 0.2) is 0 Å². The van der Waals surface area contributed by atoms with E-state index in [0.29, 0.717) is 0 Å². The molecule has 1 aliphatic carbocycles. The van der Waals surface area contributed by atoms with Gasteiger partial charge in [-0.2, -0.15) is 0 Å². The van der Waals surface area contributed by atoms with Crippen LogP contribution in [0.5, 0.6) is 0 Å². The van der Waals surface area contributed by atoms with Crippen LogP contribution >= 0.6 is 8.07 Å². The van der Waals surface area contributed by atoms with Gasteiger partial charge in [0.25, 0.3) is 0 Å². The average Bonchev–Trinajstić information content (AvgIpc) is 2.45. The summed E-state index contributed by atoms with van der Waals surface area (Å²) >= 11 is 0. The lowest BCUT2D eigenvalue weighted by Crippen LogP contribution is -2.21. The Kier molecular flexibility index (Phi) is 5.26. The van der Waals surface area contributed by atoms with E-state index in [0.717, 1.165) is 13.1 Å². The number of rotatable bonds is 4. The van der Waals surface area contributed by atoms with Crippen molar-refractivity contribution in [3.8, 4) is 0 Å². The maximum atomic E-state index is 2.59. The maximum absolute atomic E-state index is 2.59. The normalized spacial score (nSPS) is 24.8. The second-order valence-corrected chi connectivity index (χ2v) is 6.57. The Morgan fingerprint density at radius 2 is 1.19 bits per heavy atom.